The highest BCUT2D eigenvalue weighted by molar-refractivity contribution is 7.80. The third kappa shape index (κ3) is 4.43. The summed E-state index contributed by atoms with van der Waals surface area (Å²) in [5, 5.41) is 2.90. The maximum atomic E-state index is 12.0. The number of hydrogen-bond acceptors (Lipinski definition) is 3. The molecule has 1 aromatic carbocycles. The predicted molar refractivity (Wildman–Crippen MR) is 88.7 cm³/mol. The quantitative estimate of drug-likeness (QED) is 0.792. The van der Waals surface area contributed by atoms with Crippen LogP contribution in [0.4, 0.5) is 5.69 Å². The Morgan fingerprint density at radius 2 is 2.14 bits per heavy atom. The summed E-state index contributed by atoms with van der Waals surface area (Å²) in [6.07, 6.45) is 6.67. The number of benzene rings is 1. The van der Waals surface area contributed by atoms with Crippen LogP contribution in [0.3, 0.4) is 0 Å². The van der Waals surface area contributed by atoms with Crippen LogP contribution in [0, 0.1) is 5.92 Å². The van der Waals surface area contributed by atoms with Gasteiger partial charge in [0.2, 0.25) is 5.91 Å². The van der Waals surface area contributed by atoms with Gasteiger partial charge in [0, 0.05) is 12.0 Å². The highest BCUT2D eigenvalue weighted by Gasteiger charge is 2.17. The summed E-state index contributed by atoms with van der Waals surface area (Å²) >= 11 is 4.94. The summed E-state index contributed by atoms with van der Waals surface area (Å²) in [6.45, 7) is 0. The zero-order chi connectivity index (χ0) is 15.2. The maximum Gasteiger partial charge on any atom is 0.224 e. The fourth-order valence-corrected chi connectivity index (χ4v) is 2.92. The Morgan fingerprint density at radius 3 is 2.76 bits per heavy atom. The van der Waals surface area contributed by atoms with Gasteiger partial charge in [0.15, 0.2) is 0 Å². The minimum absolute atomic E-state index is 0.0308. The molecule has 2 rings (SSSR count). The number of rotatable bonds is 6. The molecule has 4 nitrogen and oxygen atoms in total. The molecule has 0 unspecified atom stereocenters. The van der Waals surface area contributed by atoms with Crippen LogP contribution in [-0.4, -0.2) is 18.0 Å². The van der Waals surface area contributed by atoms with Gasteiger partial charge in [-0.25, -0.2) is 0 Å². The molecule has 0 radical (unpaired) electrons. The second kappa shape index (κ2) is 7.41. The third-order valence-electron chi connectivity index (χ3n) is 4.01. The number of carbonyl (C=O) groups excluding carboxylic acids is 1. The average molecular weight is 306 g/mol. The number of thiocarbonyl (C=S) groups is 1. The lowest BCUT2D eigenvalue weighted by Crippen LogP contribution is -2.14. The third-order valence-corrected chi connectivity index (χ3v) is 4.25. The first-order valence-corrected chi connectivity index (χ1v) is 7.78. The Kier molecular flexibility index (Phi) is 5.56. The molecule has 114 valence electrons. The topological polar surface area (TPSA) is 64.3 Å². The van der Waals surface area contributed by atoms with E-state index in [1.165, 1.54) is 25.7 Å². The zero-order valence-corrected chi connectivity index (χ0v) is 13.2. The lowest BCUT2D eigenvalue weighted by atomic mass is 10.0. The number of nitrogens with one attached hydrogen (secondary N) is 1. The van der Waals surface area contributed by atoms with Gasteiger partial charge in [0.1, 0.15) is 10.7 Å². The van der Waals surface area contributed by atoms with Crippen molar-refractivity contribution in [1.29, 1.82) is 0 Å². The fourth-order valence-electron chi connectivity index (χ4n) is 2.79. The minimum Gasteiger partial charge on any atom is -0.495 e. The van der Waals surface area contributed by atoms with Gasteiger partial charge in [-0.05, 0) is 30.5 Å². The number of carbonyl (C=O) groups is 1. The minimum atomic E-state index is 0.0308. The van der Waals surface area contributed by atoms with E-state index in [1.807, 2.05) is 0 Å². The Balaban J connectivity index is 1.94. The number of hydrogen-bond donors (Lipinski definition) is 2. The van der Waals surface area contributed by atoms with E-state index >= 15 is 0 Å². The smallest absolute Gasteiger partial charge is 0.224 e. The monoisotopic (exact) mass is 306 g/mol. The van der Waals surface area contributed by atoms with Gasteiger partial charge in [-0.15, -0.1) is 0 Å². The van der Waals surface area contributed by atoms with Crippen LogP contribution in [0.2, 0.25) is 0 Å². The van der Waals surface area contributed by atoms with Crippen molar-refractivity contribution in [2.45, 2.75) is 38.5 Å². The SMILES string of the molecule is COc1cc(C(N)=S)ccc1NC(=O)CCC1CCCC1. The number of amides is 1. The van der Waals surface area contributed by atoms with Crippen molar-refractivity contribution in [2.75, 3.05) is 12.4 Å². The van der Waals surface area contributed by atoms with Gasteiger partial charge in [-0.3, -0.25) is 4.79 Å². The lowest BCUT2D eigenvalue weighted by molar-refractivity contribution is -0.116. The molecule has 1 amide bonds. The van der Waals surface area contributed by atoms with Gasteiger partial charge in [-0.1, -0.05) is 37.9 Å². The van der Waals surface area contributed by atoms with Crippen molar-refractivity contribution < 1.29 is 9.53 Å². The van der Waals surface area contributed by atoms with Crippen molar-refractivity contribution >= 4 is 28.8 Å². The van der Waals surface area contributed by atoms with Crippen LogP contribution < -0.4 is 15.8 Å². The van der Waals surface area contributed by atoms with Crippen molar-refractivity contribution in [1.82, 2.24) is 0 Å². The molecule has 0 aliphatic heterocycles. The van der Waals surface area contributed by atoms with E-state index in [9.17, 15) is 4.79 Å². The summed E-state index contributed by atoms with van der Waals surface area (Å²) < 4.78 is 5.29. The molecule has 1 aromatic rings. The van der Waals surface area contributed by atoms with Crippen LogP contribution >= 0.6 is 12.2 Å². The Morgan fingerprint density at radius 1 is 1.43 bits per heavy atom. The van der Waals surface area contributed by atoms with Gasteiger partial charge in [0.05, 0.1) is 12.8 Å². The van der Waals surface area contributed by atoms with Crippen LogP contribution in [0.5, 0.6) is 5.75 Å². The van der Waals surface area contributed by atoms with Gasteiger partial charge in [-0.2, -0.15) is 0 Å². The highest BCUT2D eigenvalue weighted by Crippen LogP contribution is 2.29. The number of nitrogens with two attached hydrogens (primary N) is 1. The predicted octanol–water partition coefficient (Wildman–Crippen LogP) is 3.24. The molecular formula is C16H22N2O2S. The molecule has 21 heavy (non-hydrogen) atoms. The molecule has 5 heteroatoms. The van der Waals surface area contributed by atoms with Crippen LogP contribution in [-0.2, 0) is 4.79 Å². The number of methoxy groups -OCH3 is 1. The molecule has 3 N–H and O–H groups in total. The molecule has 0 atom stereocenters. The summed E-state index contributed by atoms with van der Waals surface area (Å²) in [5.41, 5.74) is 6.98. The highest BCUT2D eigenvalue weighted by atomic mass is 32.1. The summed E-state index contributed by atoms with van der Waals surface area (Å²) in [4.78, 5) is 12.4. The maximum absolute atomic E-state index is 12.0. The standard InChI is InChI=1S/C16H22N2O2S/c1-20-14-10-12(16(17)21)7-8-13(14)18-15(19)9-6-11-4-2-3-5-11/h7-8,10-11H,2-6,9H2,1H3,(H2,17,21)(H,18,19). The second-order valence-electron chi connectivity index (χ2n) is 5.52. The fraction of sp³-hybridized carbons (Fsp3) is 0.500. The normalized spacial score (nSPS) is 14.9. The van der Waals surface area contributed by atoms with E-state index in [0.29, 0.717) is 22.8 Å². The van der Waals surface area contributed by atoms with E-state index in [4.69, 9.17) is 22.7 Å². The van der Waals surface area contributed by atoms with Gasteiger partial charge < -0.3 is 15.8 Å². The van der Waals surface area contributed by atoms with Crippen molar-refractivity contribution in [3.05, 3.63) is 23.8 Å². The first kappa shape index (κ1) is 15.8. The van der Waals surface area contributed by atoms with Crippen LogP contribution in [0.25, 0.3) is 0 Å². The summed E-state index contributed by atoms with van der Waals surface area (Å²) in [5.74, 6) is 1.33. The zero-order valence-electron chi connectivity index (χ0n) is 12.4. The molecular weight excluding hydrogens is 284 g/mol. The van der Waals surface area contributed by atoms with E-state index in [0.717, 1.165) is 17.9 Å². The van der Waals surface area contributed by atoms with Crippen molar-refractivity contribution in [3.63, 3.8) is 0 Å². The molecule has 1 aliphatic rings. The molecule has 0 aromatic heterocycles. The van der Waals surface area contributed by atoms with Crippen LogP contribution in [0.1, 0.15) is 44.1 Å². The average Bonchev–Trinajstić information content (AvgIpc) is 2.98. The second-order valence-corrected chi connectivity index (χ2v) is 5.96. The molecule has 1 saturated carbocycles. The summed E-state index contributed by atoms with van der Waals surface area (Å²) in [6, 6.07) is 5.31. The van der Waals surface area contributed by atoms with E-state index in [-0.39, 0.29) is 5.91 Å². The van der Waals surface area contributed by atoms with Gasteiger partial charge >= 0.3 is 0 Å². The van der Waals surface area contributed by atoms with Crippen molar-refractivity contribution in [2.24, 2.45) is 11.7 Å². The molecule has 0 spiro atoms. The number of anilines is 1. The molecule has 1 fully saturated rings. The largest absolute Gasteiger partial charge is 0.495 e. The Hall–Kier alpha value is -1.62. The van der Waals surface area contributed by atoms with E-state index < -0.39 is 0 Å². The first-order valence-electron chi connectivity index (χ1n) is 7.38. The Bertz CT molecular complexity index is 525. The lowest BCUT2D eigenvalue weighted by Gasteiger charge is -2.13. The van der Waals surface area contributed by atoms with Crippen molar-refractivity contribution in [3.8, 4) is 5.75 Å². The molecule has 0 saturated heterocycles. The first-order chi connectivity index (χ1) is 10.1. The molecule has 1 aliphatic carbocycles. The number of ether oxygens (including phenoxy) is 1. The van der Waals surface area contributed by atoms with E-state index in [1.54, 1.807) is 25.3 Å². The van der Waals surface area contributed by atoms with E-state index in [2.05, 4.69) is 5.32 Å². The molecule has 0 heterocycles. The summed E-state index contributed by atoms with van der Waals surface area (Å²) in [7, 11) is 1.56. The van der Waals surface area contributed by atoms with Crippen LogP contribution in [0.15, 0.2) is 18.2 Å². The van der Waals surface area contributed by atoms with Gasteiger partial charge in [0.25, 0.3) is 0 Å². The molecule has 0 bridgehead atoms. The Labute approximate surface area is 131 Å².